The zero-order valence-corrected chi connectivity index (χ0v) is 13.4. The lowest BCUT2D eigenvalue weighted by atomic mass is 9.78. The summed E-state index contributed by atoms with van der Waals surface area (Å²) in [6.07, 6.45) is 5.34. The van der Waals surface area contributed by atoms with E-state index in [-0.39, 0.29) is 6.04 Å². The molecule has 1 aromatic carbocycles. The average Bonchev–Trinajstić information content (AvgIpc) is 2.50. The Labute approximate surface area is 132 Å². The van der Waals surface area contributed by atoms with Gasteiger partial charge in [-0.05, 0) is 29.5 Å². The van der Waals surface area contributed by atoms with Gasteiger partial charge in [-0.25, -0.2) is 0 Å². The van der Waals surface area contributed by atoms with Crippen LogP contribution in [0, 0.1) is 5.92 Å². The highest BCUT2D eigenvalue weighted by atomic mass is 35.5. The number of nitrogens with zero attached hydrogens (tertiary/aromatic N) is 1. The van der Waals surface area contributed by atoms with Gasteiger partial charge in [-0.15, -0.1) is 0 Å². The number of hydrogen-bond donors (Lipinski definition) is 1. The Kier molecular flexibility index (Phi) is 5.77. The molecular formula is C18H23ClN2. The third kappa shape index (κ3) is 4.05. The van der Waals surface area contributed by atoms with Gasteiger partial charge in [0.25, 0.3) is 0 Å². The summed E-state index contributed by atoms with van der Waals surface area (Å²) in [6.45, 7) is 4.48. The van der Waals surface area contributed by atoms with Crippen LogP contribution in [0.3, 0.4) is 0 Å². The topological polar surface area (TPSA) is 38.9 Å². The fourth-order valence-electron chi connectivity index (χ4n) is 2.88. The predicted molar refractivity (Wildman–Crippen MR) is 89.6 cm³/mol. The fourth-order valence-corrected chi connectivity index (χ4v) is 3.07. The molecule has 0 radical (unpaired) electrons. The Morgan fingerprint density at radius 3 is 2.52 bits per heavy atom. The van der Waals surface area contributed by atoms with Crippen molar-refractivity contribution in [1.82, 2.24) is 4.98 Å². The maximum Gasteiger partial charge on any atom is 0.0621 e. The summed E-state index contributed by atoms with van der Waals surface area (Å²) in [5.74, 6) is 0.864. The van der Waals surface area contributed by atoms with Crippen molar-refractivity contribution in [1.29, 1.82) is 0 Å². The van der Waals surface area contributed by atoms with Gasteiger partial charge in [-0.1, -0.05) is 62.2 Å². The molecular weight excluding hydrogens is 280 g/mol. The van der Waals surface area contributed by atoms with Crippen LogP contribution < -0.4 is 5.73 Å². The van der Waals surface area contributed by atoms with Crippen molar-refractivity contribution in [3.05, 3.63) is 64.9 Å². The lowest BCUT2D eigenvalue weighted by Gasteiger charge is -2.30. The third-order valence-corrected chi connectivity index (χ3v) is 4.56. The van der Waals surface area contributed by atoms with Crippen LogP contribution in [0.25, 0.3) is 0 Å². The number of aromatic nitrogens is 1. The molecule has 112 valence electrons. The normalized spacial score (nSPS) is 15.4. The first-order valence-electron chi connectivity index (χ1n) is 7.52. The molecule has 1 heterocycles. The zero-order chi connectivity index (χ0) is 15.2. The molecule has 0 aliphatic carbocycles. The van der Waals surface area contributed by atoms with Gasteiger partial charge in [0.15, 0.2) is 0 Å². The minimum Gasteiger partial charge on any atom is -0.327 e. The number of pyridine rings is 1. The fraction of sp³-hybridized carbons (Fsp3) is 0.389. The lowest BCUT2D eigenvalue weighted by molar-refractivity contribution is 0.380. The van der Waals surface area contributed by atoms with E-state index in [2.05, 4.69) is 43.1 Å². The molecule has 2 rings (SSSR count). The summed E-state index contributed by atoms with van der Waals surface area (Å²) in [7, 11) is 0. The van der Waals surface area contributed by atoms with Crippen molar-refractivity contribution < 1.29 is 0 Å². The molecule has 0 fully saturated rings. The highest BCUT2D eigenvalue weighted by Gasteiger charge is 2.25. The molecule has 0 spiro atoms. The summed E-state index contributed by atoms with van der Waals surface area (Å²) in [5.41, 5.74) is 8.93. The first kappa shape index (κ1) is 16.0. The van der Waals surface area contributed by atoms with Gasteiger partial charge in [0.1, 0.15) is 0 Å². The van der Waals surface area contributed by atoms with E-state index in [1.807, 2.05) is 12.1 Å². The van der Waals surface area contributed by atoms with Crippen molar-refractivity contribution in [2.24, 2.45) is 11.7 Å². The third-order valence-electron chi connectivity index (χ3n) is 4.21. The van der Waals surface area contributed by atoms with Crippen LogP contribution in [0.1, 0.15) is 37.3 Å². The highest BCUT2D eigenvalue weighted by Crippen LogP contribution is 2.31. The van der Waals surface area contributed by atoms with E-state index < -0.39 is 0 Å². The molecule has 0 saturated carbocycles. The van der Waals surface area contributed by atoms with E-state index in [1.165, 1.54) is 5.56 Å². The largest absolute Gasteiger partial charge is 0.327 e. The molecule has 0 amide bonds. The number of halogens is 1. The number of nitrogens with two attached hydrogens (primary N) is 1. The van der Waals surface area contributed by atoms with E-state index in [9.17, 15) is 0 Å². The SMILES string of the molecule is CCC(C)C(c1ccccc1)C(N)Cc1ccncc1Cl. The van der Waals surface area contributed by atoms with Crippen LogP contribution in [0.2, 0.25) is 5.02 Å². The van der Waals surface area contributed by atoms with Gasteiger partial charge in [0.2, 0.25) is 0 Å². The Hall–Kier alpha value is -1.38. The van der Waals surface area contributed by atoms with Crippen molar-refractivity contribution >= 4 is 11.6 Å². The van der Waals surface area contributed by atoms with Crippen LogP contribution in [0.15, 0.2) is 48.8 Å². The van der Waals surface area contributed by atoms with Crippen molar-refractivity contribution in [2.75, 3.05) is 0 Å². The molecule has 0 aliphatic rings. The Morgan fingerprint density at radius 1 is 1.19 bits per heavy atom. The Balaban J connectivity index is 2.23. The highest BCUT2D eigenvalue weighted by molar-refractivity contribution is 6.31. The maximum absolute atomic E-state index is 6.55. The number of hydrogen-bond acceptors (Lipinski definition) is 2. The molecule has 21 heavy (non-hydrogen) atoms. The summed E-state index contributed by atoms with van der Waals surface area (Å²) in [5, 5.41) is 0.698. The molecule has 2 N–H and O–H groups in total. The van der Waals surface area contributed by atoms with E-state index in [0.717, 1.165) is 18.4 Å². The summed E-state index contributed by atoms with van der Waals surface area (Å²) in [6, 6.07) is 12.6. The van der Waals surface area contributed by atoms with Gasteiger partial charge in [-0.3, -0.25) is 4.98 Å². The van der Waals surface area contributed by atoms with E-state index in [4.69, 9.17) is 17.3 Å². The van der Waals surface area contributed by atoms with Crippen molar-refractivity contribution in [3.63, 3.8) is 0 Å². The first-order chi connectivity index (χ1) is 10.1. The smallest absolute Gasteiger partial charge is 0.0621 e. The lowest BCUT2D eigenvalue weighted by Crippen LogP contribution is -2.34. The van der Waals surface area contributed by atoms with Crippen molar-refractivity contribution in [3.8, 4) is 0 Å². The van der Waals surface area contributed by atoms with Gasteiger partial charge < -0.3 is 5.73 Å². The molecule has 3 atom stereocenters. The molecule has 1 aromatic heterocycles. The molecule has 3 heteroatoms. The van der Waals surface area contributed by atoms with Crippen LogP contribution >= 0.6 is 11.6 Å². The quantitative estimate of drug-likeness (QED) is 0.857. The molecule has 3 unspecified atom stereocenters. The molecule has 0 bridgehead atoms. The van der Waals surface area contributed by atoms with Gasteiger partial charge in [0.05, 0.1) is 5.02 Å². The molecule has 0 saturated heterocycles. The standard InChI is InChI=1S/C18H23ClN2/c1-3-13(2)18(14-7-5-4-6-8-14)17(20)11-15-9-10-21-12-16(15)19/h4-10,12-13,17-18H,3,11,20H2,1-2H3. The first-order valence-corrected chi connectivity index (χ1v) is 7.90. The van der Waals surface area contributed by atoms with Crippen LogP contribution in [0.5, 0.6) is 0 Å². The van der Waals surface area contributed by atoms with Crippen LogP contribution in [-0.4, -0.2) is 11.0 Å². The zero-order valence-electron chi connectivity index (χ0n) is 12.7. The van der Waals surface area contributed by atoms with Crippen LogP contribution in [0.4, 0.5) is 0 Å². The monoisotopic (exact) mass is 302 g/mol. The molecule has 0 aliphatic heterocycles. The van der Waals surface area contributed by atoms with E-state index in [1.54, 1.807) is 12.4 Å². The predicted octanol–water partition coefficient (Wildman–Crippen LogP) is 4.43. The van der Waals surface area contributed by atoms with E-state index in [0.29, 0.717) is 16.9 Å². The minimum absolute atomic E-state index is 0.0437. The molecule has 2 nitrogen and oxygen atoms in total. The second-order valence-electron chi connectivity index (χ2n) is 5.66. The van der Waals surface area contributed by atoms with Gasteiger partial charge >= 0.3 is 0 Å². The molecule has 2 aromatic rings. The summed E-state index contributed by atoms with van der Waals surface area (Å²) >= 11 is 6.21. The Morgan fingerprint density at radius 2 is 1.90 bits per heavy atom. The van der Waals surface area contributed by atoms with Crippen molar-refractivity contribution in [2.45, 2.75) is 38.6 Å². The second-order valence-corrected chi connectivity index (χ2v) is 6.06. The van der Waals surface area contributed by atoms with Gasteiger partial charge in [0, 0.05) is 24.4 Å². The van der Waals surface area contributed by atoms with Crippen LogP contribution in [-0.2, 0) is 6.42 Å². The number of benzene rings is 1. The average molecular weight is 303 g/mol. The second kappa shape index (κ2) is 7.58. The summed E-state index contributed by atoms with van der Waals surface area (Å²) in [4.78, 5) is 4.03. The minimum atomic E-state index is 0.0437. The Bertz CT molecular complexity index is 556. The summed E-state index contributed by atoms with van der Waals surface area (Å²) < 4.78 is 0. The number of rotatable bonds is 6. The van der Waals surface area contributed by atoms with Gasteiger partial charge in [-0.2, -0.15) is 0 Å². The maximum atomic E-state index is 6.55. The van der Waals surface area contributed by atoms with E-state index >= 15 is 0 Å².